The van der Waals surface area contributed by atoms with Gasteiger partial charge >= 0.3 is 0 Å². The van der Waals surface area contributed by atoms with Crippen molar-refractivity contribution in [2.75, 3.05) is 20.2 Å². The highest BCUT2D eigenvalue weighted by Crippen LogP contribution is 2.17. The molecule has 17 heavy (non-hydrogen) atoms. The molecule has 1 saturated heterocycles. The van der Waals surface area contributed by atoms with Crippen LogP contribution in [0.25, 0.3) is 0 Å². The number of ketones is 1. The van der Waals surface area contributed by atoms with Crippen LogP contribution in [0.15, 0.2) is 24.3 Å². The average molecular weight is 233 g/mol. The van der Waals surface area contributed by atoms with Crippen molar-refractivity contribution in [3.8, 4) is 5.75 Å². The van der Waals surface area contributed by atoms with Gasteiger partial charge in [0.05, 0.1) is 7.11 Å². The largest absolute Gasteiger partial charge is 0.497 e. The van der Waals surface area contributed by atoms with Gasteiger partial charge in [0, 0.05) is 12.8 Å². The molecule has 3 heteroatoms. The second kappa shape index (κ2) is 5.82. The van der Waals surface area contributed by atoms with E-state index in [1.54, 1.807) is 7.11 Å². The third-order valence-corrected chi connectivity index (χ3v) is 3.21. The maximum Gasteiger partial charge on any atom is 0.137 e. The van der Waals surface area contributed by atoms with Crippen molar-refractivity contribution < 1.29 is 9.53 Å². The van der Waals surface area contributed by atoms with E-state index >= 15 is 0 Å². The lowest BCUT2D eigenvalue weighted by Crippen LogP contribution is -2.14. The average Bonchev–Trinajstić information content (AvgIpc) is 2.82. The van der Waals surface area contributed by atoms with E-state index in [9.17, 15) is 4.79 Å². The molecule has 1 fully saturated rings. The number of nitrogens with one attached hydrogen (secondary N) is 1. The molecule has 2 rings (SSSR count). The van der Waals surface area contributed by atoms with E-state index in [-0.39, 0.29) is 0 Å². The summed E-state index contributed by atoms with van der Waals surface area (Å²) in [5, 5.41) is 3.29. The standard InChI is InChI=1S/C14H19NO2/c1-17-14-4-2-3-11(9-14)7-13(16)8-12-5-6-15-10-12/h2-4,9,12,15H,5-8,10H2,1H3. The molecule has 0 spiro atoms. The third kappa shape index (κ3) is 3.56. The van der Waals surface area contributed by atoms with Crippen molar-refractivity contribution in [1.82, 2.24) is 5.32 Å². The van der Waals surface area contributed by atoms with E-state index in [4.69, 9.17) is 4.74 Å². The summed E-state index contributed by atoms with van der Waals surface area (Å²) in [5.41, 5.74) is 1.04. The second-order valence-corrected chi connectivity index (χ2v) is 4.63. The van der Waals surface area contributed by atoms with Crippen LogP contribution in [-0.2, 0) is 11.2 Å². The Balaban J connectivity index is 1.88. The highest BCUT2D eigenvalue weighted by atomic mass is 16.5. The van der Waals surface area contributed by atoms with Crippen LogP contribution >= 0.6 is 0 Å². The Kier molecular flexibility index (Phi) is 4.15. The van der Waals surface area contributed by atoms with Gasteiger partial charge in [-0.2, -0.15) is 0 Å². The first-order valence-electron chi connectivity index (χ1n) is 6.13. The van der Waals surface area contributed by atoms with E-state index in [2.05, 4.69) is 5.32 Å². The zero-order valence-corrected chi connectivity index (χ0v) is 10.2. The lowest BCUT2D eigenvalue weighted by molar-refractivity contribution is -0.119. The van der Waals surface area contributed by atoms with Crippen LogP contribution in [0, 0.1) is 5.92 Å². The van der Waals surface area contributed by atoms with Crippen molar-refractivity contribution in [3.63, 3.8) is 0 Å². The van der Waals surface area contributed by atoms with Crippen molar-refractivity contribution in [2.45, 2.75) is 19.3 Å². The summed E-state index contributed by atoms with van der Waals surface area (Å²) in [5.74, 6) is 1.68. The first kappa shape index (κ1) is 12.1. The molecular weight excluding hydrogens is 214 g/mol. The number of carbonyl (C=O) groups is 1. The number of Topliss-reactive ketones (excluding diaryl/α,β-unsaturated/α-hetero) is 1. The molecule has 1 atom stereocenters. The molecule has 0 radical (unpaired) electrons. The van der Waals surface area contributed by atoms with Gasteiger partial charge in [-0.25, -0.2) is 0 Å². The fourth-order valence-electron chi connectivity index (χ4n) is 2.29. The van der Waals surface area contributed by atoms with E-state index in [1.807, 2.05) is 24.3 Å². The Bertz CT molecular complexity index is 384. The smallest absolute Gasteiger partial charge is 0.137 e. The normalized spacial score (nSPS) is 19.2. The number of methoxy groups -OCH3 is 1. The minimum Gasteiger partial charge on any atom is -0.497 e. The van der Waals surface area contributed by atoms with E-state index in [0.717, 1.165) is 30.8 Å². The maximum absolute atomic E-state index is 11.9. The fourth-order valence-corrected chi connectivity index (χ4v) is 2.29. The molecule has 3 nitrogen and oxygen atoms in total. The Hall–Kier alpha value is -1.35. The number of ether oxygens (including phenoxy) is 1. The predicted molar refractivity (Wildman–Crippen MR) is 67.3 cm³/mol. The third-order valence-electron chi connectivity index (χ3n) is 3.21. The highest BCUT2D eigenvalue weighted by molar-refractivity contribution is 5.81. The van der Waals surface area contributed by atoms with E-state index < -0.39 is 0 Å². The van der Waals surface area contributed by atoms with E-state index in [1.165, 1.54) is 0 Å². The molecule has 0 aromatic heterocycles. The van der Waals surface area contributed by atoms with Crippen LogP contribution in [0.3, 0.4) is 0 Å². The van der Waals surface area contributed by atoms with Crippen LogP contribution in [0.1, 0.15) is 18.4 Å². The monoisotopic (exact) mass is 233 g/mol. The summed E-state index contributed by atoms with van der Waals surface area (Å²) in [6.07, 6.45) is 2.35. The van der Waals surface area contributed by atoms with Gasteiger partial charge in [0.15, 0.2) is 0 Å². The highest BCUT2D eigenvalue weighted by Gasteiger charge is 2.18. The van der Waals surface area contributed by atoms with Crippen molar-refractivity contribution in [3.05, 3.63) is 29.8 Å². The molecule has 1 aliphatic rings. The quantitative estimate of drug-likeness (QED) is 0.843. The molecule has 0 aliphatic carbocycles. The van der Waals surface area contributed by atoms with Crippen LogP contribution in [-0.4, -0.2) is 26.0 Å². The predicted octanol–water partition coefficient (Wildman–Crippen LogP) is 1.81. The molecule has 0 saturated carbocycles. The summed E-state index contributed by atoms with van der Waals surface area (Å²) in [4.78, 5) is 11.9. The summed E-state index contributed by atoms with van der Waals surface area (Å²) in [6.45, 7) is 2.04. The Morgan fingerprint density at radius 3 is 3.12 bits per heavy atom. The molecule has 1 aliphatic heterocycles. The van der Waals surface area contributed by atoms with Crippen LogP contribution in [0.4, 0.5) is 0 Å². The van der Waals surface area contributed by atoms with Crippen molar-refractivity contribution in [2.24, 2.45) is 5.92 Å². The second-order valence-electron chi connectivity index (χ2n) is 4.63. The SMILES string of the molecule is COc1cccc(CC(=O)CC2CCNC2)c1. The number of benzene rings is 1. The minimum absolute atomic E-state index is 0.326. The summed E-state index contributed by atoms with van der Waals surface area (Å²) < 4.78 is 5.15. The molecule has 92 valence electrons. The lowest BCUT2D eigenvalue weighted by atomic mass is 9.98. The van der Waals surface area contributed by atoms with Crippen molar-refractivity contribution >= 4 is 5.78 Å². The number of rotatable bonds is 5. The van der Waals surface area contributed by atoms with Gasteiger partial charge < -0.3 is 10.1 Å². The Labute approximate surface area is 102 Å². The lowest BCUT2D eigenvalue weighted by Gasteiger charge is -2.07. The summed E-state index contributed by atoms with van der Waals surface area (Å²) in [6, 6.07) is 7.74. The van der Waals surface area contributed by atoms with Crippen molar-refractivity contribution in [1.29, 1.82) is 0 Å². The molecule has 1 unspecified atom stereocenters. The summed E-state index contributed by atoms with van der Waals surface area (Å²) >= 11 is 0. The first-order chi connectivity index (χ1) is 8.28. The molecule has 1 aromatic carbocycles. The molecule has 0 bridgehead atoms. The minimum atomic E-state index is 0.326. The molecule has 1 N–H and O–H groups in total. The number of hydrogen-bond donors (Lipinski definition) is 1. The maximum atomic E-state index is 11.9. The van der Waals surface area contributed by atoms with Crippen LogP contribution in [0.2, 0.25) is 0 Å². The van der Waals surface area contributed by atoms with Gasteiger partial charge in [-0.15, -0.1) is 0 Å². The van der Waals surface area contributed by atoms with Gasteiger partial charge in [-0.1, -0.05) is 12.1 Å². The first-order valence-corrected chi connectivity index (χ1v) is 6.13. The fraction of sp³-hybridized carbons (Fsp3) is 0.500. The summed E-state index contributed by atoms with van der Waals surface area (Å²) in [7, 11) is 1.64. The van der Waals surface area contributed by atoms with Crippen LogP contribution in [0.5, 0.6) is 5.75 Å². The van der Waals surface area contributed by atoms with Gasteiger partial charge in [-0.3, -0.25) is 4.79 Å². The van der Waals surface area contributed by atoms with Crippen LogP contribution < -0.4 is 10.1 Å². The Morgan fingerprint density at radius 1 is 1.53 bits per heavy atom. The van der Waals surface area contributed by atoms with Gasteiger partial charge in [-0.05, 0) is 43.1 Å². The zero-order chi connectivity index (χ0) is 12.1. The molecular formula is C14H19NO2. The van der Waals surface area contributed by atoms with Gasteiger partial charge in [0.2, 0.25) is 0 Å². The number of carbonyl (C=O) groups excluding carboxylic acids is 1. The van der Waals surface area contributed by atoms with Gasteiger partial charge in [0.25, 0.3) is 0 Å². The molecule has 0 amide bonds. The topological polar surface area (TPSA) is 38.3 Å². The molecule has 1 aromatic rings. The molecule has 1 heterocycles. The van der Waals surface area contributed by atoms with Gasteiger partial charge in [0.1, 0.15) is 11.5 Å². The van der Waals surface area contributed by atoms with E-state index in [0.29, 0.717) is 24.5 Å². The number of hydrogen-bond acceptors (Lipinski definition) is 3. The zero-order valence-electron chi connectivity index (χ0n) is 10.2. The Morgan fingerprint density at radius 2 is 2.41 bits per heavy atom.